The van der Waals surface area contributed by atoms with E-state index in [9.17, 15) is 9.90 Å². The van der Waals surface area contributed by atoms with Gasteiger partial charge in [-0.1, -0.05) is 24.3 Å². The molecule has 2 N–H and O–H groups in total. The van der Waals surface area contributed by atoms with Crippen LogP contribution in [0.4, 0.5) is 0 Å². The quantitative estimate of drug-likeness (QED) is 0.486. The average molecular weight is 368 g/mol. The first-order valence-corrected chi connectivity index (χ1v) is 8.95. The Labute approximate surface area is 159 Å². The molecule has 0 aliphatic carbocycles. The van der Waals surface area contributed by atoms with E-state index in [-0.39, 0.29) is 11.2 Å². The molecule has 0 saturated heterocycles. The van der Waals surface area contributed by atoms with Crippen molar-refractivity contribution in [3.63, 3.8) is 0 Å². The summed E-state index contributed by atoms with van der Waals surface area (Å²) in [6, 6.07) is 18.0. The maximum atomic E-state index is 13.3. The van der Waals surface area contributed by atoms with Gasteiger partial charge in [0, 0.05) is 24.4 Å². The number of pyridine rings is 1. The second-order valence-corrected chi connectivity index (χ2v) is 6.69. The van der Waals surface area contributed by atoms with Crippen LogP contribution in [-0.2, 0) is 6.42 Å². The fourth-order valence-electron chi connectivity index (χ4n) is 3.52. The topological polar surface area (TPSA) is 79.1 Å². The highest BCUT2D eigenvalue weighted by atomic mass is 16.3. The predicted molar refractivity (Wildman–Crippen MR) is 108 cm³/mol. The van der Waals surface area contributed by atoms with E-state index in [1.165, 1.54) is 0 Å². The number of fused-ring (bicyclic) bond motifs is 2. The van der Waals surface area contributed by atoms with Crippen LogP contribution in [0, 0.1) is 0 Å². The summed E-state index contributed by atoms with van der Waals surface area (Å²) in [4.78, 5) is 20.8. The molecule has 5 aromatic rings. The number of H-pyrrole nitrogens is 1. The zero-order valence-corrected chi connectivity index (χ0v) is 14.8. The monoisotopic (exact) mass is 368 g/mol. The van der Waals surface area contributed by atoms with Gasteiger partial charge in [0.2, 0.25) is 5.43 Å². The zero-order valence-electron chi connectivity index (χ0n) is 14.8. The highest BCUT2D eigenvalue weighted by Crippen LogP contribution is 2.32. The van der Waals surface area contributed by atoms with Crippen molar-refractivity contribution < 1.29 is 9.52 Å². The fraction of sp³-hybridized carbons (Fsp3) is 0.0435. The van der Waals surface area contributed by atoms with Crippen molar-refractivity contribution in [2.24, 2.45) is 0 Å². The van der Waals surface area contributed by atoms with Crippen molar-refractivity contribution >= 4 is 21.9 Å². The number of para-hydroxylation sites is 1. The Morgan fingerprint density at radius 1 is 1.00 bits per heavy atom. The Hall–Kier alpha value is -3.86. The van der Waals surface area contributed by atoms with E-state index >= 15 is 0 Å². The van der Waals surface area contributed by atoms with Gasteiger partial charge in [-0.05, 0) is 42.0 Å². The number of aromatic amines is 1. The first-order chi connectivity index (χ1) is 13.7. The van der Waals surface area contributed by atoms with Crippen LogP contribution >= 0.6 is 0 Å². The third-order valence-electron chi connectivity index (χ3n) is 4.87. The maximum absolute atomic E-state index is 13.3. The Bertz CT molecular complexity index is 1350. The second kappa shape index (κ2) is 6.39. The van der Waals surface area contributed by atoms with Gasteiger partial charge < -0.3 is 14.5 Å². The Kier molecular flexibility index (Phi) is 3.72. The van der Waals surface area contributed by atoms with Crippen molar-refractivity contribution in [3.8, 4) is 17.0 Å². The molecule has 0 bridgehead atoms. The molecule has 0 aliphatic heterocycles. The summed E-state index contributed by atoms with van der Waals surface area (Å²) in [5, 5.41) is 10.6. The van der Waals surface area contributed by atoms with E-state index in [4.69, 9.17) is 4.42 Å². The Balaban J connectivity index is 1.80. The molecule has 0 spiro atoms. The van der Waals surface area contributed by atoms with Crippen LogP contribution in [0.25, 0.3) is 33.2 Å². The van der Waals surface area contributed by atoms with E-state index in [1.807, 2.05) is 36.4 Å². The van der Waals surface area contributed by atoms with Gasteiger partial charge in [0.05, 0.1) is 22.2 Å². The molecule has 2 aromatic carbocycles. The van der Waals surface area contributed by atoms with E-state index in [0.29, 0.717) is 34.1 Å². The number of aromatic hydroxyl groups is 1. The molecule has 136 valence electrons. The van der Waals surface area contributed by atoms with Crippen LogP contribution in [0.3, 0.4) is 0 Å². The molecular weight excluding hydrogens is 352 g/mol. The number of nitrogens with zero attached hydrogens (tertiary/aromatic N) is 1. The van der Waals surface area contributed by atoms with Crippen molar-refractivity contribution in [3.05, 3.63) is 94.5 Å². The number of benzene rings is 2. The molecule has 0 amide bonds. The lowest BCUT2D eigenvalue weighted by molar-refractivity contribution is 0.475. The molecule has 28 heavy (non-hydrogen) atoms. The summed E-state index contributed by atoms with van der Waals surface area (Å²) < 4.78 is 6.16. The van der Waals surface area contributed by atoms with Gasteiger partial charge in [-0.2, -0.15) is 0 Å². The van der Waals surface area contributed by atoms with Crippen LogP contribution in [0.15, 0.2) is 82.3 Å². The molecule has 0 atom stereocenters. The molecule has 5 rings (SSSR count). The van der Waals surface area contributed by atoms with E-state index in [0.717, 1.165) is 16.8 Å². The first kappa shape index (κ1) is 16.3. The fourth-order valence-corrected chi connectivity index (χ4v) is 3.52. The lowest BCUT2D eigenvalue weighted by Gasteiger charge is -2.02. The number of hydrogen-bond acceptors (Lipinski definition) is 4. The molecule has 0 unspecified atom stereocenters. The smallest absolute Gasteiger partial charge is 0.202 e. The number of aromatic nitrogens is 2. The number of rotatable bonds is 3. The molecular formula is C23H16N2O3. The molecule has 0 aliphatic rings. The molecule has 0 radical (unpaired) electrons. The molecule has 0 fully saturated rings. The van der Waals surface area contributed by atoms with Gasteiger partial charge >= 0.3 is 0 Å². The normalized spacial score (nSPS) is 11.3. The Morgan fingerprint density at radius 3 is 2.61 bits per heavy atom. The van der Waals surface area contributed by atoms with E-state index in [2.05, 4.69) is 9.97 Å². The lowest BCUT2D eigenvalue weighted by atomic mass is 10.1. The highest BCUT2D eigenvalue weighted by Gasteiger charge is 2.19. The molecule has 3 heterocycles. The summed E-state index contributed by atoms with van der Waals surface area (Å²) >= 11 is 0. The molecule has 5 heteroatoms. The standard InChI is InChI=1S/C23H16N2O3/c26-16-9-7-14(8-10-16)12-18-23-20(21(25-18)15-4-3-11-24-13-15)22(27)17-5-1-2-6-19(17)28-23/h1-11,13,25-26H,12H2. The SMILES string of the molecule is O=c1c2ccccc2oc2c(Cc3ccc(O)cc3)[nH]c(-c3cccnc3)c12. The molecule has 3 aromatic heterocycles. The first-order valence-electron chi connectivity index (χ1n) is 8.95. The van der Waals surface area contributed by atoms with Crippen LogP contribution in [-0.4, -0.2) is 15.1 Å². The summed E-state index contributed by atoms with van der Waals surface area (Å²) in [5.74, 6) is 0.216. The summed E-state index contributed by atoms with van der Waals surface area (Å²) in [6.45, 7) is 0. The minimum Gasteiger partial charge on any atom is -0.508 e. The van der Waals surface area contributed by atoms with Gasteiger partial charge in [-0.3, -0.25) is 9.78 Å². The van der Waals surface area contributed by atoms with Gasteiger partial charge in [0.1, 0.15) is 11.3 Å². The number of phenols is 1. The third kappa shape index (κ3) is 2.65. The molecule has 5 nitrogen and oxygen atoms in total. The van der Waals surface area contributed by atoms with Crippen LogP contribution in [0.5, 0.6) is 5.75 Å². The van der Waals surface area contributed by atoms with Gasteiger partial charge in [-0.15, -0.1) is 0 Å². The molecule has 0 saturated carbocycles. The van der Waals surface area contributed by atoms with E-state index in [1.54, 1.807) is 36.7 Å². The van der Waals surface area contributed by atoms with Gasteiger partial charge in [0.15, 0.2) is 5.58 Å². The van der Waals surface area contributed by atoms with Gasteiger partial charge in [-0.25, -0.2) is 0 Å². The van der Waals surface area contributed by atoms with Crippen molar-refractivity contribution in [1.82, 2.24) is 9.97 Å². The van der Waals surface area contributed by atoms with Crippen LogP contribution in [0.1, 0.15) is 11.3 Å². The largest absolute Gasteiger partial charge is 0.508 e. The van der Waals surface area contributed by atoms with Crippen LogP contribution < -0.4 is 5.43 Å². The zero-order chi connectivity index (χ0) is 19.1. The average Bonchev–Trinajstić information content (AvgIpc) is 3.09. The third-order valence-corrected chi connectivity index (χ3v) is 4.87. The highest BCUT2D eigenvalue weighted by molar-refractivity contribution is 5.99. The number of nitrogens with one attached hydrogen (secondary N) is 1. The van der Waals surface area contributed by atoms with Crippen LogP contribution in [0.2, 0.25) is 0 Å². The van der Waals surface area contributed by atoms with Gasteiger partial charge in [0.25, 0.3) is 0 Å². The predicted octanol–water partition coefficient (Wildman–Crippen LogP) is 4.63. The van der Waals surface area contributed by atoms with E-state index < -0.39 is 0 Å². The maximum Gasteiger partial charge on any atom is 0.202 e. The lowest BCUT2D eigenvalue weighted by Crippen LogP contribution is -2.02. The summed E-state index contributed by atoms with van der Waals surface area (Å²) in [6.07, 6.45) is 3.96. The number of hydrogen-bond donors (Lipinski definition) is 2. The summed E-state index contributed by atoms with van der Waals surface area (Å²) in [5.41, 5.74) is 4.38. The summed E-state index contributed by atoms with van der Waals surface area (Å²) in [7, 11) is 0. The second-order valence-electron chi connectivity index (χ2n) is 6.69. The van der Waals surface area contributed by atoms with Crippen molar-refractivity contribution in [2.45, 2.75) is 6.42 Å². The number of phenolic OH excluding ortho intramolecular Hbond substituents is 1. The minimum atomic E-state index is -0.0658. The minimum absolute atomic E-state index is 0.0658. The van der Waals surface area contributed by atoms with Crippen molar-refractivity contribution in [2.75, 3.05) is 0 Å². The van der Waals surface area contributed by atoms with Crippen molar-refractivity contribution in [1.29, 1.82) is 0 Å². The Morgan fingerprint density at radius 2 is 1.82 bits per heavy atom.